The molecule has 0 spiro atoms. The number of hydrogen-bond acceptors (Lipinski definition) is 5. The van der Waals surface area contributed by atoms with E-state index in [1.54, 1.807) is 23.6 Å². The van der Waals surface area contributed by atoms with Gasteiger partial charge in [0.25, 0.3) is 5.91 Å². The van der Waals surface area contributed by atoms with E-state index in [1.807, 2.05) is 13.0 Å². The Hall–Kier alpha value is -1.01. The van der Waals surface area contributed by atoms with Crippen LogP contribution in [0.5, 0.6) is 0 Å². The molecule has 1 aromatic heterocycles. The van der Waals surface area contributed by atoms with Crippen LogP contribution in [0.25, 0.3) is 0 Å². The standard InChI is InChI=1S/C15H21NO3S2/c1-4-11-8-13(21-10(11)3)14(17)16-6-7-20-9-12(16)15(18)19-5-2/h8,12H,4-7,9H2,1-3H3/t12-/m0/s1. The van der Waals surface area contributed by atoms with Gasteiger partial charge in [-0.05, 0) is 31.9 Å². The minimum Gasteiger partial charge on any atom is -0.464 e. The summed E-state index contributed by atoms with van der Waals surface area (Å²) in [6, 6.07) is 1.51. The Balaban J connectivity index is 2.19. The zero-order valence-electron chi connectivity index (χ0n) is 12.7. The summed E-state index contributed by atoms with van der Waals surface area (Å²) in [7, 11) is 0. The monoisotopic (exact) mass is 327 g/mol. The molecule has 1 fully saturated rings. The molecule has 0 N–H and O–H groups in total. The third kappa shape index (κ3) is 3.61. The van der Waals surface area contributed by atoms with Crippen LogP contribution in [0.3, 0.4) is 0 Å². The summed E-state index contributed by atoms with van der Waals surface area (Å²) < 4.78 is 5.10. The van der Waals surface area contributed by atoms with Crippen LogP contribution in [0.4, 0.5) is 0 Å². The van der Waals surface area contributed by atoms with E-state index >= 15 is 0 Å². The van der Waals surface area contributed by atoms with Gasteiger partial charge in [0, 0.05) is 22.9 Å². The van der Waals surface area contributed by atoms with Gasteiger partial charge in [0.15, 0.2) is 0 Å². The van der Waals surface area contributed by atoms with E-state index in [4.69, 9.17) is 4.74 Å². The Kier molecular flexibility index (Phi) is 5.70. The third-order valence-electron chi connectivity index (χ3n) is 3.56. The van der Waals surface area contributed by atoms with Gasteiger partial charge in [0.05, 0.1) is 11.5 Å². The molecule has 0 unspecified atom stereocenters. The molecule has 0 aliphatic carbocycles. The van der Waals surface area contributed by atoms with Gasteiger partial charge in [-0.25, -0.2) is 4.79 Å². The fourth-order valence-electron chi connectivity index (χ4n) is 2.40. The lowest BCUT2D eigenvalue weighted by Gasteiger charge is -2.33. The molecule has 4 nitrogen and oxygen atoms in total. The van der Waals surface area contributed by atoms with Crippen LogP contribution < -0.4 is 0 Å². The number of esters is 1. The minimum absolute atomic E-state index is 0.0406. The maximum atomic E-state index is 12.7. The Morgan fingerprint density at radius 2 is 2.19 bits per heavy atom. The summed E-state index contributed by atoms with van der Waals surface area (Å²) >= 11 is 3.21. The van der Waals surface area contributed by atoms with Crippen molar-refractivity contribution in [2.24, 2.45) is 0 Å². The number of carbonyl (C=O) groups is 2. The average Bonchev–Trinajstić information content (AvgIpc) is 2.88. The van der Waals surface area contributed by atoms with Crippen molar-refractivity contribution in [1.82, 2.24) is 4.90 Å². The summed E-state index contributed by atoms with van der Waals surface area (Å²) in [6.45, 7) is 6.86. The zero-order valence-corrected chi connectivity index (χ0v) is 14.3. The summed E-state index contributed by atoms with van der Waals surface area (Å²) in [5.74, 6) is 1.16. The molecule has 0 aromatic carbocycles. The van der Waals surface area contributed by atoms with Gasteiger partial charge in [-0.2, -0.15) is 11.8 Å². The molecule has 2 heterocycles. The Morgan fingerprint density at radius 1 is 1.43 bits per heavy atom. The van der Waals surface area contributed by atoms with E-state index in [2.05, 4.69) is 6.92 Å². The van der Waals surface area contributed by atoms with Crippen LogP contribution in [-0.4, -0.2) is 47.5 Å². The van der Waals surface area contributed by atoms with E-state index in [1.165, 1.54) is 21.8 Å². The van der Waals surface area contributed by atoms with Crippen LogP contribution in [0.2, 0.25) is 0 Å². The Morgan fingerprint density at radius 3 is 2.81 bits per heavy atom. The second kappa shape index (κ2) is 7.31. The first-order chi connectivity index (χ1) is 10.1. The second-order valence-electron chi connectivity index (χ2n) is 4.89. The first-order valence-corrected chi connectivity index (χ1v) is 9.20. The van der Waals surface area contributed by atoms with Crippen molar-refractivity contribution >= 4 is 35.0 Å². The van der Waals surface area contributed by atoms with E-state index in [0.29, 0.717) is 18.9 Å². The average molecular weight is 327 g/mol. The van der Waals surface area contributed by atoms with Gasteiger partial charge >= 0.3 is 5.97 Å². The Bertz CT molecular complexity index is 527. The number of thiophene rings is 1. The van der Waals surface area contributed by atoms with Gasteiger partial charge in [-0.1, -0.05) is 6.92 Å². The molecule has 2 rings (SSSR count). The molecule has 1 atom stereocenters. The minimum atomic E-state index is -0.455. The lowest BCUT2D eigenvalue weighted by molar-refractivity contribution is -0.147. The quantitative estimate of drug-likeness (QED) is 0.798. The number of amides is 1. The molecule has 0 radical (unpaired) electrons. The van der Waals surface area contributed by atoms with Crippen LogP contribution >= 0.6 is 23.1 Å². The highest BCUT2D eigenvalue weighted by Crippen LogP contribution is 2.26. The summed E-state index contributed by atoms with van der Waals surface area (Å²) in [4.78, 5) is 28.4. The van der Waals surface area contributed by atoms with Crippen molar-refractivity contribution in [3.8, 4) is 0 Å². The number of carbonyl (C=O) groups excluding carboxylic acids is 2. The van der Waals surface area contributed by atoms with E-state index < -0.39 is 6.04 Å². The molecule has 1 saturated heterocycles. The van der Waals surface area contributed by atoms with Crippen molar-refractivity contribution in [3.63, 3.8) is 0 Å². The van der Waals surface area contributed by atoms with Crippen LogP contribution in [-0.2, 0) is 16.0 Å². The molecule has 0 bridgehead atoms. The number of ether oxygens (including phenoxy) is 1. The largest absolute Gasteiger partial charge is 0.464 e. The lowest BCUT2D eigenvalue weighted by atomic mass is 10.2. The van der Waals surface area contributed by atoms with Crippen molar-refractivity contribution in [3.05, 3.63) is 21.4 Å². The summed E-state index contributed by atoms with van der Waals surface area (Å²) in [5, 5.41) is 0. The zero-order chi connectivity index (χ0) is 15.4. The molecule has 21 heavy (non-hydrogen) atoms. The highest BCUT2D eigenvalue weighted by molar-refractivity contribution is 7.99. The maximum Gasteiger partial charge on any atom is 0.329 e. The Labute approximate surface area is 133 Å². The first kappa shape index (κ1) is 16.4. The maximum absolute atomic E-state index is 12.7. The molecule has 116 valence electrons. The lowest BCUT2D eigenvalue weighted by Crippen LogP contribution is -2.50. The highest BCUT2D eigenvalue weighted by atomic mass is 32.2. The van der Waals surface area contributed by atoms with Crippen LogP contribution in [0.1, 0.15) is 34.0 Å². The normalized spacial score (nSPS) is 18.6. The van der Waals surface area contributed by atoms with Crippen LogP contribution in [0.15, 0.2) is 6.07 Å². The topological polar surface area (TPSA) is 46.6 Å². The van der Waals surface area contributed by atoms with Gasteiger partial charge in [-0.15, -0.1) is 11.3 Å². The van der Waals surface area contributed by atoms with Gasteiger partial charge < -0.3 is 9.64 Å². The molecule has 1 aliphatic heterocycles. The molecular formula is C15H21NO3S2. The molecular weight excluding hydrogens is 306 g/mol. The molecule has 1 aliphatic rings. The van der Waals surface area contributed by atoms with Crippen molar-refractivity contribution in [1.29, 1.82) is 0 Å². The number of rotatable bonds is 4. The summed E-state index contributed by atoms with van der Waals surface area (Å²) in [6.07, 6.45) is 0.923. The predicted molar refractivity (Wildman–Crippen MR) is 87.2 cm³/mol. The SMILES string of the molecule is CCOC(=O)[C@@H]1CSCCN1C(=O)c1cc(CC)c(C)s1. The fourth-order valence-corrected chi connectivity index (χ4v) is 4.50. The number of nitrogens with zero attached hydrogens (tertiary/aromatic N) is 1. The summed E-state index contributed by atoms with van der Waals surface area (Å²) in [5.41, 5.74) is 1.21. The molecule has 1 aromatic rings. The van der Waals surface area contributed by atoms with Gasteiger partial charge in [0.2, 0.25) is 0 Å². The number of thioether (sulfide) groups is 1. The van der Waals surface area contributed by atoms with Crippen molar-refractivity contribution in [2.75, 3.05) is 24.7 Å². The fraction of sp³-hybridized carbons (Fsp3) is 0.600. The van der Waals surface area contributed by atoms with Crippen molar-refractivity contribution in [2.45, 2.75) is 33.2 Å². The van der Waals surface area contributed by atoms with E-state index in [9.17, 15) is 9.59 Å². The number of aryl methyl sites for hydroxylation is 2. The van der Waals surface area contributed by atoms with Crippen LogP contribution in [0, 0.1) is 6.92 Å². The first-order valence-electron chi connectivity index (χ1n) is 7.23. The highest BCUT2D eigenvalue weighted by Gasteiger charge is 2.34. The van der Waals surface area contributed by atoms with Gasteiger partial charge in [-0.3, -0.25) is 4.79 Å². The van der Waals surface area contributed by atoms with E-state index in [-0.39, 0.29) is 11.9 Å². The van der Waals surface area contributed by atoms with Gasteiger partial charge in [0.1, 0.15) is 6.04 Å². The molecule has 1 amide bonds. The molecule has 0 saturated carbocycles. The smallest absolute Gasteiger partial charge is 0.329 e. The second-order valence-corrected chi connectivity index (χ2v) is 7.29. The molecule has 6 heteroatoms. The predicted octanol–water partition coefficient (Wildman–Crippen LogP) is 2.74. The van der Waals surface area contributed by atoms with Crippen molar-refractivity contribution < 1.29 is 14.3 Å². The van der Waals surface area contributed by atoms with E-state index in [0.717, 1.165) is 17.1 Å². The third-order valence-corrected chi connectivity index (χ3v) is 5.66. The number of hydrogen-bond donors (Lipinski definition) is 0.